The van der Waals surface area contributed by atoms with Gasteiger partial charge in [0.1, 0.15) is 5.82 Å². The number of fused-ring (bicyclic) bond motifs is 1. The van der Waals surface area contributed by atoms with Crippen LogP contribution in [-0.2, 0) is 6.42 Å². The molecule has 0 aliphatic carbocycles. The highest BCUT2D eigenvalue weighted by Gasteiger charge is 2.24. The third kappa shape index (κ3) is 5.65. The van der Waals surface area contributed by atoms with Gasteiger partial charge in [-0.05, 0) is 52.7 Å². The van der Waals surface area contributed by atoms with Gasteiger partial charge in [0.25, 0.3) is 0 Å². The molecule has 0 spiro atoms. The van der Waals surface area contributed by atoms with Crippen LogP contribution in [0.3, 0.4) is 0 Å². The number of carbonyl (C=O) groups excluding carboxylic acids is 1. The molecule has 1 aliphatic heterocycles. The number of carbonyl (C=O) groups is 1. The zero-order valence-corrected chi connectivity index (χ0v) is 22.2. The minimum atomic E-state index is 0.0129. The number of likely N-dealkylation sites (tertiary alicyclic amines) is 1. The summed E-state index contributed by atoms with van der Waals surface area (Å²) < 4.78 is 2.61. The summed E-state index contributed by atoms with van der Waals surface area (Å²) in [4.78, 5) is 19.5. The first-order chi connectivity index (χ1) is 17.6. The number of rotatable bonds is 7. The largest absolute Gasteiger partial charge is 0.370 e. The lowest BCUT2D eigenvalue weighted by atomic mass is 9.98. The van der Waals surface area contributed by atoms with Crippen LogP contribution in [0.1, 0.15) is 18.4 Å². The summed E-state index contributed by atoms with van der Waals surface area (Å²) in [6.45, 7) is 2.87. The van der Waals surface area contributed by atoms with Crippen LogP contribution in [0.4, 0.5) is 10.6 Å². The third-order valence-corrected chi connectivity index (χ3v) is 7.38. The molecule has 0 bridgehead atoms. The number of hydrogen-bond acceptors (Lipinski definition) is 4. The molecule has 0 radical (unpaired) electrons. The van der Waals surface area contributed by atoms with Crippen molar-refractivity contribution >= 4 is 45.0 Å². The van der Waals surface area contributed by atoms with Crippen LogP contribution in [0.5, 0.6) is 0 Å². The highest BCUT2D eigenvalue weighted by molar-refractivity contribution is 9.10. The van der Waals surface area contributed by atoms with E-state index in [-0.39, 0.29) is 6.03 Å². The van der Waals surface area contributed by atoms with Gasteiger partial charge in [0, 0.05) is 42.8 Å². The molecular weight excluding hydrogens is 540 g/mol. The molecule has 36 heavy (non-hydrogen) atoms. The summed E-state index contributed by atoms with van der Waals surface area (Å²) >= 11 is 10.0. The number of nitrogens with zero attached hydrogens (tertiary/aromatic N) is 4. The van der Waals surface area contributed by atoms with Crippen molar-refractivity contribution < 1.29 is 4.79 Å². The summed E-state index contributed by atoms with van der Waals surface area (Å²) in [5.74, 6) is 1.18. The Morgan fingerprint density at radius 2 is 1.94 bits per heavy atom. The van der Waals surface area contributed by atoms with Crippen LogP contribution in [0.2, 0.25) is 5.02 Å². The molecule has 7 nitrogen and oxygen atoms in total. The van der Waals surface area contributed by atoms with Gasteiger partial charge in [0.05, 0.1) is 16.4 Å². The number of piperidine rings is 1. The van der Waals surface area contributed by atoms with E-state index >= 15 is 0 Å². The van der Waals surface area contributed by atoms with Crippen LogP contribution in [0.25, 0.3) is 16.9 Å². The molecule has 0 saturated carbocycles. The number of urea groups is 1. The first-order valence-electron chi connectivity index (χ1n) is 12.2. The SMILES string of the molecule is O=C(NCCc1ccccc1)N1CCCC(CNc2cc(-c3ccccc3Cl)nc3c(Br)cnn23)C1. The van der Waals surface area contributed by atoms with Gasteiger partial charge in [-0.25, -0.2) is 9.78 Å². The summed E-state index contributed by atoms with van der Waals surface area (Å²) in [7, 11) is 0. The third-order valence-electron chi connectivity index (χ3n) is 6.49. The minimum Gasteiger partial charge on any atom is -0.370 e. The Bertz CT molecular complexity index is 1340. The van der Waals surface area contributed by atoms with Crippen molar-refractivity contribution in [2.24, 2.45) is 5.92 Å². The fourth-order valence-corrected chi connectivity index (χ4v) is 5.18. The predicted octanol–water partition coefficient (Wildman–Crippen LogP) is 5.89. The van der Waals surface area contributed by atoms with E-state index in [1.165, 1.54) is 5.56 Å². The van der Waals surface area contributed by atoms with Gasteiger partial charge < -0.3 is 15.5 Å². The van der Waals surface area contributed by atoms with Gasteiger partial charge in [-0.15, -0.1) is 0 Å². The molecule has 4 aromatic rings. The van der Waals surface area contributed by atoms with Gasteiger partial charge in [0.2, 0.25) is 0 Å². The fraction of sp³-hybridized carbons (Fsp3) is 0.296. The van der Waals surface area contributed by atoms with Gasteiger partial charge in [-0.3, -0.25) is 0 Å². The zero-order valence-electron chi connectivity index (χ0n) is 19.8. The van der Waals surface area contributed by atoms with Crippen LogP contribution >= 0.6 is 27.5 Å². The highest BCUT2D eigenvalue weighted by Crippen LogP contribution is 2.30. The zero-order chi connectivity index (χ0) is 24.9. The maximum atomic E-state index is 12.8. The number of halogens is 2. The van der Waals surface area contributed by atoms with Crippen molar-refractivity contribution in [2.45, 2.75) is 19.3 Å². The summed E-state index contributed by atoms with van der Waals surface area (Å²) in [5, 5.41) is 11.8. The molecule has 186 valence electrons. The van der Waals surface area contributed by atoms with Crippen LogP contribution in [-0.4, -0.2) is 51.7 Å². The quantitative estimate of drug-likeness (QED) is 0.292. The second-order valence-corrected chi connectivity index (χ2v) is 10.3. The van der Waals surface area contributed by atoms with Crippen molar-refractivity contribution in [3.63, 3.8) is 0 Å². The lowest BCUT2D eigenvalue weighted by molar-refractivity contribution is 0.168. The molecule has 2 amide bonds. The van der Waals surface area contributed by atoms with Crippen molar-refractivity contribution in [3.05, 3.63) is 81.9 Å². The molecule has 2 N–H and O–H groups in total. The van der Waals surface area contributed by atoms with E-state index in [0.717, 1.165) is 66.1 Å². The first kappa shape index (κ1) is 24.6. The lowest BCUT2D eigenvalue weighted by Crippen LogP contribution is -2.47. The highest BCUT2D eigenvalue weighted by atomic mass is 79.9. The number of nitrogens with one attached hydrogen (secondary N) is 2. The Balaban J connectivity index is 1.23. The monoisotopic (exact) mass is 566 g/mol. The summed E-state index contributed by atoms with van der Waals surface area (Å²) in [6, 6.07) is 19.9. The Labute approximate surface area is 224 Å². The molecule has 2 aromatic heterocycles. The van der Waals surface area contributed by atoms with E-state index in [4.69, 9.17) is 16.6 Å². The van der Waals surface area contributed by atoms with E-state index in [0.29, 0.717) is 17.5 Å². The normalized spacial score (nSPS) is 15.7. The second kappa shape index (κ2) is 11.3. The van der Waals surface area contributed by atoms with E-state index in [2.05, 4.69) is 43.8 Å². The Hall–Kier alpha value is -3.10. The molecule has 1 saturated heterocycles. The van der Waals surface area contributed by atoms with Gasteiger partial charge in [0.15, 0.2) is 5.65 Å². The summed E-state index contributed by atoms with van der Waals surface area (Å²) in [5.41, 5.74) is 3.59. The molecule has 5 rings (SSSR count). The van der Waals surface area contributed by atoms with Crippen molar-refractivity contribution in [1.82, 2.24) is 24.8 Å². The number of aromatic nitrogens is 3. The van der Waals surface area contributed by atoms with Crippen LogP contribution in [0.15, 0.2) is 71.3 Å². The smallest absolute Gasteiger partial charge is 0.317 e. The first-order valence-corrected chi connectivity index (χ1v) is 13.4. The van der Waals surface area contributed by atoms with Gasteiger partial charge in [-0.2, -0.15) is 9.61 Å². The molecular formula is C27H28BrClN6O. The standard InChI is InChI=1S/C27H28BrClN6O/c28-22-17-32-35-25(15-24(33-26(22)35)21-10-4-5-11-23(21)29)31-16-20-9-6-14-34(18-20)27(36)30-13-12-19-7-2-1-3-8-19/h1-5,7-8,10-11,15,17,20,31H,6,9,12-14,16,18H2,(H,30,36). The van der Waals surface area contributed by atoms with Gasteiger partial charge >= 0.3 is 6.03 Å². The number of hydrogen-bond donors (Lipinski definition) is 2. The van der Waals surface area contributed by atoms with Crippen molar-refractivity contribution in [3.8, 4) is 11.3 Å². The predicted molar refractivity (Wildman–Crippen MR) is 147 cm³/mol. The average molecular weight is 568 g/mol. The maximum absolute atomic E-state index is 12.8. The number of benzene rings is 2. The average Bonchev–Trinajstić information content (AvgIpc) is 3.29. The molecule has 1 atom stereocenters. The van der Waals surface area contributed by atoms with E-state index in [9.17, 15) is 4.79 Å². The molecule has 3 heterocycles. The second-order valence-electron chi connectivity index (χ2n) is 9.04. The molecule has 1 aliphatic rings. The van der Waals surface area contributed by atoms with Crippen LogP contribution in [0, 0.1) is 5.92 Å². The topological polar surface area (TPSA) is 74.6 Å². The molecule has 9 heteroatoms. The van der Waals surface area contributed by atoms with Crippen LogP contribution < -0.4 is 10.6 Å². The lowest BCUT2D eigenvalue weighted by Gasteiger charge is -2.33. The van der Waals surface area contributed by atoms with E-state index in [1.54, 1.807) is 10.7 Å². The molecule has 2 aromatic carbocycles. The fourth-order valence-electron chi connectivity index (χ4n) is 4.60. The summed E-state index contributed by atoms with van der Waals surface area (Å²) in [6.07, 6.45) is 4.63. The molecule has 1 unspecified atom stereocenters. The Kier molecular flexibility index (Phi) is 7.72. The number of amides is 2. The van der Waals surface area contributed by atoms with E-state index in [1.807, 2.05) is 53.4 Å². The van der Waals surface area contributed by atoms with E-state index < -0.39 is 0 Å². The van der Waals surface area contributed by atoms with Gasteiger partial charge in [-0.1, -0.05) is 60.1 Å². The van der Waals surface area contributed by atoms with Crippen molar-refractivity contribution in [2.75, 3.05) is 31.5 Å². The minimum absolute atomic E-state index is 0.0129. The number of anilines is 1. The Morgan fingerprint density at radius 1 is 1.14 bits per heavy atom. The molecule has 1 fully saturated rings. The Morgan fingerprint density at radius 3 is 2.78 bits per heavy atom. The maximum Gasteiger partial charge on any atom is 0.317 e. The van der Waals surface area contributed by atoms with Crippen molar-refractivity contribution in [1.29, 1.82) is 0 Å².